The predicted molar refractivity (Wildman–Crippen MR) is 221 cm³/mol. The molecule has 4 atom stereocenters. The number of hydrogen-bond donors (Lipinski definition) is 2. The highest BCUT2D eigenvalue weighted by atomic mass is 19.3. The van der Waals surface area contributed by atoms with E-state index in [4.69, 9.17) is 0 Å². The number of para-hydroxylation sites is 1. The average Bonchev–Trinajstić information content (AvgIpc) is 3.88. The fraction of sp³-hybridized carbons (Fsp3) is 0.438. The summed E-state index contributed by atoms with van der Waals surface area (Å²) in [6, 6.07) is 15.7. The molecule has 61 heavy (non-hydrogen) atoms. The Kier molecular flexibility index (Phi) is 9.80. The first-order valence-electron chi connectivity index (χ1n) is 21.6. The monoisotopic (exact) mass is 831 g/mol. The van der Waals surface area contributed by atoms with Crippen molar-refractivity contribution in [3.8, 4) is 0 Å². The molecule has 13 heteroatoms. The number of amides is 5. The van der Waals surface area contributed by atoms with E-state index in [0.29, 0.717) is 38.2 Å². The summed E-state index contributed by atoms with van der Waals surface area (Å²) in [6.45, 7) is 4.44. The zero-order valence-electron chi connectivity index (χ0n) is 34.1. The second-order valence-corrected chi connectivity index (χ2v) is 18.3. The number of nitrogens with one attached hydrogen (secondary N) is 2. The first kappa shape index (κ1) is 39.6. The van der Waals surface area contributed by atoms with Gasteiger partial charge in [-0.2, -0.15) is 0 Å². The smallest absolute Gasteiger partial charge is 0.262 e. The van der Waals surface area contributed by atoms with E-state index in [0.717, 1.165) is 81.4 Å². The van der Waals surface area contributed by atoms with Crippen LogP contribution in [-0.2, 0) is 33.9 Å². The molecular weight excluding hydrogens is 784 g/mol. The standard InChI is InChI=1S/C48H48F3N5O5/c1-26-18-34-31-4-2-3-5-38(31)52-44(34)43(33(26)22-40(50)51)32-7-6-28(21-37(32)49)27-10-12-48(13-11-27)14-16-55(17-15-48)42(58)25-54-23-29-19-35-36(20-30(29)24-54)47(61)56(46(35)60)39-8-9-41(57)53-45(39)59/h2-7,10,19-21,26,33,39-40,43,52H,8-9,11-18,22-25H2,1H3,(H,53,57,59)/t26-,33?,39?,43+/m1/s1. The molecule has 0 radical (unpaired) electrons. The lowest BCUT2D eigenvalue weighted by Gasteiger charge is -2.44. The van der Waals surface area contributed by atoms with E-state index in [1.807, 2.05) is 53.1 Å². The molecule has 10 rings (SSSR count). The number of carbonyl (C=O) groups excluding carboxylic acids is 5. The number of halogens is 3. The Morgan fingerprint density at radius 1 is 0.918 bits per heavy atom. The first-order valence-corrected chi connectivity index (χ1v) is 21.6. The zero-order valence-corrected chi connectivity index (χ0v) is 34.1. The molecule has 2 N–H and O–H groups in total. The summed E-state index contributed by atoms with van der Waals surface area (Å²) in [6.07, 6.45) is 4.60. The Hall–Kier alpha value is -5.56. The number of H-pyrrole nitrogens is 1. The van der Waals surface area contributed by atoms with E-state index in [1.165, 1.54) is 0 Å². The van der Waals surface area contributed by atoms with Crippen molar-refractivity contribution in [1.82, 2.24) is 25.0 Å². The Balaban J connectivity index is 0.765. The summed E-state index contributed by atoms with van der Waals surface area (Å²) < 4.78 is 44.3. The molecule has 10 nitrogen and oxygen atoms in total. The minimum atomic E-state index is -2.48. The molecule has 4 aromatic rings. The van der Waals surface area contributed by atoms with Crippen molar-refractivity contribution in [2.75, 3.05) is 19.6 Å². The van der Waals surface area contributed by atoms with Gasteiger partial charge in [-0.15, -0.1) is 0 Å². The van der Waals surface area contributed by atoms with Gasteiger partial charge in [0.15, 0.2) is 0 Å². The summed E-state index contributed by atoms with van der Waals surface area (Å²) in [7, 11) is 0. The van der Waals surface area contributed by atoms with Crippen LogP contribution in [0.5, 0.6) is 0 Å². The normalized spacial score (nSPS) is 25.0. The molecule has 2 fully saturated rings. The van der Waals surface area contributed by atoms with Crippen molar-refractivity contribution < 1.29 is 37.1 Å². The highest BCUT2D eigenvalue weighted by Crippen LogP contribution is 2.50. The maximum absolute atomic E-state index is 16.3. The van der Waals surface area contributed by atoms with E-state index in [1.54, 1.807) is 18.2 Å². The quantitative estimate of drug-likeness (QED) is 0.186. The first-order chi connectivity index (χ1) is 29.4. The molecule has 5 heterocycles. The summed E-state index contributed by atoms with van der Waals surface area (Å²) in [5.41, 5.74) is 7.57. The topological polar surface area (TPSA) is 123 Å². The van der Waals surface area contributed by atoms with Crippen LogP contribution in [0.1, 0.15) is 118 Å². The minimum Gasteiger partial charge on any atom is -0.358 e. The lowest BCUT2D eigenvalue weighted by Crippen LogP contribution is -2.54. The van der Waals surface area contributed by atoms with Crippen LogP contribution in [-0.4, -0.2) is 81.3 Å². The Morgan fingerprint density at radius 3 is 2.30 bits per heavy atom. The molecule has 1 aromatic heterocycles. The number of imide groups is 2. The van der Waals surface area contributed by atoms with Crippen molar-refractivity contribution in [1.29, 1.82) is 0 Å². The fourth-order valence-corrected chi connectivity index (χ4v) is 11.4. The van der Waals surface area contributed by atoms with Gasteiger partial charge in [0.2, 0.25) is 24.1 Å². The summed E-state index contributed by atoms with van der Waals surface area (Å²) in [4.78, 5) is 72.8. The Bertz CT molecular complexity index is 2510. The van der Waals surface area contributed by atoms with Crippen LogP contribution >= 0.6 is 0 Å². The Labute approximate surface area is 351 Å². The lowest BCUT2D eigenvalue weighted by molar-refractivity contribution is -0.136. The van der Waals surface area contributed by atoms with Crippen LogP contribution in [0, 0.1) is 23.1 Å². The van der Waals surface area contributed by atoms with E-state index in [2.05, 4.69) is 16.4 Å². The molecule has 5 amide bonds. The third kappa shape index (κ3) is 6.89. The number of alkyl halides is 2. The van der Waals surface area contributed by atoms with Crippen LogP contribution in [0.3, 0.4) is 0 Å². The van der Waals surface area contributed by atoms with E-state index in [9.17, 15) is 32.8 Å². The maximum Gasteiger partial charge on any atom is 0.262 e. The third-order valence-corrected chi connectivity index (χ3v) is 14.8. The van der Waals surface area contributed by atoms with Crippen LogP contribution in [0.2, 0.25) is 0 Å². The molecule has 2 unspecified atom stereocenters. The molecule has 6 aliphatic rings. The highest BCUT2D eigenvalue weighted by molar-refractivity contribution is 6.23. The number of benzene rings is 3. The summed E-state index contributed by atoms with van der Waals surface area (Å²) in [5.74, 6) is -3.40. The second kappa shape index (κ2) is 15.1. The van der Waals surface area contributed by atoms with Crippen LogP contribution in [0.25, 0.3) is 16.5 Å². The molecule has 0 saturated carbocycles. The van der Waals surface area contributed by atoms with Gasteiger partial charge in [-0.3, -0.25) is 39.1 Å². The van der Waals surface area contributed by atoms with Gasteiger partial charge >= 0.3 is 0 Å². The number of hydrogen-bond acceptors (Lipinski definition) is 6. The molecule has 1 spiro atoms. The maximum atomic E-state index is 16.3. The number of aromatic amines is 1. The average molecular weight is 832 g/mol. The number of rotatable bonds is 7. The van der Waals surface area contributed by atoms with Gasteiger partial charge in [0.25, 0.3) is 11.8 Å². The van der Waals surface area contributed by atoms with Gasteiger partial charge in [0.05, 0.1) is 17.7 Å². The molecule has 316 valence electrons. The highest BCUT2D eigenvalue weighted by Gasteiger charge is 2.46. The number of fused-ring (bicyclic) bond motifs is 5. The van der Waals surface area contributed by atoms with Crippen LogP contribution in [0.15, 0.2) is 60.7 Å². The SMILES string of the molecule is C[C@@H]1Cc2c([nH]c3ccccc23)[C@@H](c2ccc(C3=CCC4(CC3)CCN(C(=O)CN3Cc5cc6c(cc5C3)C(=O)N(C3CCC(=O)NC3=O)C6=O)CC4)cc2F)C1CC(F)F. The molecule has 0 bridgehead atoms. The lowest BCUT2D eigenvalue weighted by atomic mass is 9.67. The minimum absolute atomic E-state index is 0.0357. The fourth-order valence-electron chi connectivity index (χ4n) is 11.4. The number of carbonyl (C=O) groups is 5. The molecule has 2 aliphatic carbocycles. The van der Waals surface area contributed by atoms with Crippen molar-refractivity contribution in [3.05, 3.63) is 111 Å². The van der Waals surface area contributed by atoms with Gasteiger partial charge < -0.3 is 9.88 Å². The van der Waals surface area contributed by atoms with Crippen molar-refractivity contribution in [2.45, 2.75) is 96.2 Å². The van der Waals surface area contributed by atoms with E-state index >= 15 is 4.39 Å². The number of aromatic nitrogens is 1. The van der Waals surface area contributed by atoms with Crippen LogP contribution < -0.4 is 5.32 Å². The van der Waals surface area contributed by atoms with Crippen molar-refractivity contribution >= 4 is 46.0 Å². The second-order valence-electron chi connectivity index (χ2n) is 18.3. The van der Waals surface area contributed by atoms with Crippen molar-refractivity contribution in [3.63, 3.8) is 0 Å². The molecule has 4 aliphatic heterocycles. The molecule has 2 saturated heterocycles. The van der Waals surface area contributed by atoms with Gasteiger partial charge in [-0.05, 0) is 120 Å². The van der Waals surface area contributed by atoms with Crippen LogP contribution in [0.4, 0.5) is 13.2 Å². The number of piperidine rings is 2. The predicted octanol–water partition coefficient (Wildman–Crippen LogP) is 7.50. The van der Waals surface area contributed by atoms with Gasteiger partial charge in [-0.25, -0.2) is 13.2 Å². The van der Waals surface area contributed by atoms with E-state index in [-0.39, 0.29) is 60.0 Å². The zero-order chi connectivity index (χ0) is 42.3. The summed E-state index contributed by atoms with van der Waals surface area (Å²) >= 11 is 0. The largest absolute Gasteiger partial charge is 0.358 e. The number of allylic oxidation sites excluding steroid dienone is 2. The number of likely N-dealkylation sites (tertiary alicyclic amines) is 1. The Morgan fingerprint density at radius 2 is 1.64 bits per heavy atom. The number of nitrogens with zero attached hydrogens (tertiary/aromatic N) is 3. The summed E-state index contributed by atoms with van der Waals surface area (Å²) in [5, 5.41) is 3.29. The van der Waals surface area contributed by atoms with Gasteiger partial charge in [0.1, 0.15) is 11.9 Å². The molecule has 3 aromatic carbocycles. The molecular formula is C48H48F3N5O5. The third-order valence-electron chi connectivity index (χ3n) is 14.8. The van der Waals surface area contributed by atoms with E-state index < -0.39 is 47.9 Å². The van der Waals surface area contributed by atoms with Crippen molar-refractivity contribution in [2.24, 2.45) is 17.3 Å². The van der Waals surface area contributed by atoms with Gasteiger partial charge in [0, 0.05) is 61.5 Å². The van der Waals surface area contributed by atoms with Gasteiger partial charge in [-0.1, -0.05) is 43.3 Å².